The number of hydrogen-bond donors (Lipinski definition) is 1. The lowest BCUT2D eigenvalue weighted by Gasteiger charge is -2.30. The summed E-state index contributed by atoms with van der Waals surface area (Å²) in [6.45, 7) is 8.01. The van der Waals surface area contributed by atoms with E-state index in [0.717, 1.165) is 35.6 Å². The zero-order valence-electron chi connectivity index (χ0n) is 16.9. The highest BCUT2D eigenvalue weighted by atomic mass is 32.1. The first-order valence-corrected chi connectivity index (χ1v) is 10.2. The maximum absolute atomic E-state index is 13.3. The van der Waals surface area contributed by atoms with Gasteiger partial charge in [-0.25, -0.2) is 0 Å². The van der Waals surface area contributed by atoms with E-state index in [0.29, 0.717) is 5.69 Å². The number of aryl methyl sites for hydroxylation is 2. The summed E-state index contributed by atoms with van der Waals surface area (Å²) in [6.07, 6.45) is 4.04. The van der Waals surface area contributed by atoms with E-state index in [-0.39, 0.29) is 10.7 Å². The summed E-state index contributed by atoms with van der Waals surface area (Å²) in [5.74, 6) is -0.866. The highest BCUT2D eigenvalue weighted by Crippen LogP contribution is 2.26. The Hall–Kier alpha value is -2.93. The van der Waals surface area contributed by atoms with Crippen molar-refractivity contribution in [3.8, 4) is 0 Å². The van der Waals surface area contributed by atoms with Gasteiger partial charge < -0.3 is 5.01 Å². The SMILES string of the molecule is Cc1ccccc1N1C(=O)/C(=C\c2cc(C)n(N3CCCC3)c2C)C(=O)NC1=S. The molecule has 0 aliphatic carbocycles. The van der Waals surface area contributed by atoms with E-state index in [1.165, 1.54) is 17.7 Å². The number of thiocarbonyl (C=S) groups is 1. The van der Waals surface area contributed by atoms with Crippen LogP contribution in [0.1, 0.15) is 35.4 Å². The van der Waals surface area contributed by atoms with Crippen LogP contribution in [0.2, 0.25) is 0 Å². The van der Waals surface area contributed by atoms with Crippen LogP contribution in [0.3, 0.4) is 0 Å². The van der Waals surface area contributed by atoms with Crippen LogP contribution in [0, 0.1) is 20.8 Å². The van der Waals surface area contributed by atoms with Crippen LogP contribution in [0.5, 0.6) is 0 Å². The molecule has 6 nitrogen and oxygen atoms in total. The molecule has 0 unspecified atom stereocenters. The van der Waals surface area contributed by atoms with E-state index in [2.05, 4.69) is 15.0 Å². The number of rotatable bonds is 3. The Morgan fingerprint density at radius 2 is 1.76 bits per heavy atom. The first-order chi connectivity index (χ1) is 13.9. The largest absolute Gasteiger partial charge is 0.313 e. The van der Waals surface area contributed by atoms with Gasteiger partial charge in [0.25, 0.3) is 11.8 Å². The molecule has 2 aliphatic heterocycles. The number of benzene rings is 1. The number of anilines is 1. The normalized spacial score (nSPS) is 18.7. The number of carbonyl (C=O) groups excluding carboxylic acids is 2. The van der Waals surface area contributed by atoms with E-state index < -0.39 is 11.8 Å². The Bertz CT molecular complexity index is 1050. The fraction of sp³-hybridized carbons (Fsp3) is 0.318. The molecule has 2 fully saturated rings. The molecule has 150 valence electrons. The quantitative estimate of drug-likeness (QED) is 0.482. The van der Waals surface area contributed by atoms with Crippen LogP contribution in [-0.4, -0.2) is 34.7 Å². The van der Waals surface area contributed by atoms with Crippen LogP contribution in [0.4, 0.5) is 5.69 Å². The number of aromatic nitrogens is 1. The Kier molecular flexibility index (Phi) is 5.00. The lowest BCUT2D eigenvalue weighted by Crippen LogP contribution is -2.54. The molecule has 4 rings (SSSR count). The molecule has 0 atom stereocenters. The van der Waals surface area contributed by atoms with Crippen molar-refractivity contribution in [2.75, 3.05) is 23.0 Å². The van der Waals surface area contributed by atoms with Crippen LogP contribution in [0.15, 0.2) is 35.9 Å². The van der Waals surface area contributed by atoms with Gasteiger partial charge in [-0.05, 0) is 75.2 Å². The maximum atomic E-state index is 13.3. The van der Waals surface area contributed by atoms with Gasteiger partial charge >= 0.3 is 0 Å². The Balaban J connectivity index is 1.74. The summed E-state index contributed by atoms with van der Waals surface area (Å²) in [5.41, 5.74) is 4.65. The van der Waals surface area contributed by atoms with Crippen molar-refractivity contribution >= 4 is 40.9 Å². The zero-order chi connectivity index (χ0) is 20.7. The molecule has 2 aliphatic rings. The van der Waals surface area contributed by atoms with Crippen LogP contribution in [-0.2, 0) is 9.59 Å². The van der Waals surface area contributed by atoms with Gasteiger partial charge in [-0.3, -0.25) is 24.5 Å². The molecule has 1 aromatic carbocycles. The molecule has 0 spiro atoms. The summed E-state index contributed by atoms with van der Waals surface area (Å²) < 4.78 is 2.19. The van der Waals surface area contributed by atoms with E-state index in [9.17, 15) is 9.59 Å². The molecular weight excluding hydrogens is 384 g/mol. The second-order valence-corrected chi connectivity index (χ2v) is 7.93. The van der Waals surface area contributed by atoms with Gasteiger partial charge in [0.2, 0.25) is 0 Å². The summed E-state index contributed by atoms with van der Waals surface area (Å²) in [6, 6.07) is 9.51. The predicted octanol–water partition coefficient (Wildman–Crippen LogP) is 2.98. The standard InChI is InChI=1S/C22H24N4O2S/c1-14-8-4-5-9-19(14)25-21(28)18(20(27)23-22(25)29)13-17-12-15(2)26(16(17)3)24-10-6-7-11-24/h4-5,8-9,12-13H,6-7,10-11H2,1-3H3,(H,23,27,29)/b18-13-. The third kappa shape index (κ3) is 3.35. The minimum Gasteiger partial charge on any atom is -0.313 e. The van der Waals surface area contributed by atoms with Gasteiger partial charge in [0.15, 0.2) is 5.11 Å². The van der Waals surface area contributed by atoms with Gasteiger partial charge in [-0.1, -0.05) is 18.2 Å². The van der Waals surface area contributed by atoms with E-state index in [1.54, 1.807) is 6.08 Å². The monoisotopic (exact) mass is 408 g/mol. The van der Waals surface area contributed by atoms with Crippen molar-refractivity contribution in [2.45, 2.75) is 33.6 Å². The summed E-state index contributed by atoms with van der Waals surface area (Å²) in [7, 11) is 0. The van der Waals surface area contributed by atoms with Crippen molar-refractivity contribution in [2.24, 2.45) is 0 Å². The third-order valence-corrected chi connectivity index (χ3v) is 5.84. The molecule has 1 N–H and O–H groups in total. The molecule has 0 bridgehead atoms. The molecule has 0 radical (unpaired) electrons. The van der Waals surface area contributed by atoms with E-state index in [1.807, 2.05) is 51.1 Å². The van der Waals surface area contributed by atoms with Gasteiger partial charge in [-0.2, -0.15) is 0 Å². The topological polar surface area (TPSA) is 57.6 Å². The predicted molar refractivity (Wildman–Crippen MR) is 118 cm³/mol. The molecule has 3 heterocycles. The van der Waals surface area contributed by atoms with Crippen molar-refractivity contribution in [3.63, 3.8) is 0 Å². The van der Waals surface area contributed by atoms with Gasteiger partial charge in [-0.15, -0.1) is 0 Å². The van der Waals surface area contributed by atoms with E-state index in [4.69, 9.17) is 12.2 Å². The molecular formula is C22H24N4O2S. The molecule has 2 aromatic rings. The summed E-state index contributed by atoms with van der Waals surface area (Å²) in [4.78, 5) is 27.3. The van der Waals surface area contributed by atoms with Crippen molar-refractivity contribution in [1.29, 1.82) is 0 Å². The molecule has 0 saturated carbocycles. The second kappa shape index (κ2) is 7.48. The average molecular weight is 409 g/mol. The summed E-state index contributed by atoms with van der Waals surface area (Å²) in [5, 5.41) is 5.08. The fourth-order valence-corrected chi connectivity index (χ4v) is 4.38. The average Bonchev–Trinajstić information content (AvgIpc) is 3.28. The van der Waals surface area contributed by atoms with Crippen molar-refractivity contribution in [1.82, 2.24) is 9.99 Å². The molecule has 2 amide bonds. The molecule has 2 saturated heterocycles. The second-order valence-electron chi connectivity index (χ2n) is 7.54. The Morgan fingerprint density at radius 1 is 1.07 bits per heavy atom. The lowest BCUT2D eigenvalue weighted by atomic mass is 10.1. The lowest BCUT2D eigenvalue weighted by molar-refractivity contribution is -0.122. The highest BCUT2D eigenvalue weighted by molar-refractivity contribution is 7.80. The number of nitrogens with one attached hydrogen (secondary N) is 1. The van der Waals surface area contributed by atoms with Crippen molar-refractivity contribution < 1.29 is 9.59 Å². The van der Waals surface area contributed by atoms with Crippen LogP contribution >= 0.6 is 12.2 Å². The molecule has 29 heavy (non-hydrogen) atoms. The number of para-hydroxylation sites is 1. The van der Waals surface area contributed by atoms with Crippen molar-refractivity contribution in [3.05, 3.63) is 58.4 Å². The minimum atomic E-state index is -0.462. The Morgan fingerprint density at radius 3 is 2.45 bits per heavy atom. The Labute approximate surface area is 175 Å². The first-order valence-electron chi connectivity index (χ1n) is 9.79. The molecule has 1 aromatic heterocycles. The van der Waals surface area contributed by atoms with Gasteiger partial charge in [0, 0.05) is 24.5 Å². The minimum absolute atomic E-state index is 0.0866. The first kappa shape index (κ1) is 19.4. The van der Waals surface area contributed by atoms with Gasteiger partial charge in [0.05, 0.1) is 5.69 Å². The molecule has 7 heteroatoms. The van der Waals surface area contributed by atoms with Crippen LogP contribution in [0.25, 0.3) is 6.08 Å². The fourth-order valence-electron chi connectivity index (χ4n) is 4.11. The zero-order valence-corrected chi connectivity index (χ0v) is 17.7. The van der Waals surface area contributed by atoms with Crippen LogP contribution < -0.4 is 15.2 Å². The maximum Gasteiger partial charge on any atom is 0.270 e. The van der Waals surface area contributed by atoms with Gasteiger partial charge in [0.1, 0.15) is 5.57 Å². The number of carbonyl (C=O) groups is 2. The summed E-state index contributed by atoms with van der Waals surface area (Å²) >= 11 is 5.30. The third-order valence-electron chi connectivity index (χ3n) is 5.56. The number of amides is 2. The smallest absolute Gasteiger partial charge is 0.270 e. The highest BCUT2D eigenvalue weighted by Gasteiger charge is 2.35. The number of hydrogen-bond acceptors (Lipinski definition) is 4. The number of nitrogens with zero attached hydrogens (tertiary/aromatic N) is 3. The van der Waals surface area contributed by atoms with E-state index >= 15 is 0 Å².